The van der Waals surface area contributed by atoms with Crippen molar-refractivity contribution in [1.82, 2.24) is 5.32 Å². The summed E-state index contributed by atoms with van der Waals surface area (Å²) in [4.78, 5) is 22.5. The van der Waals surface area contributed by atoms with Crippen LogP contribution in [0.2, 0.25) is 0 Å². The Labute approximate surface area is 186 Å². The lowest BCUT2D eigenvalue weighted by molar-refractivity contribution is -0.138. The topological polar surface area (TPSA) is 55.4 Å². The van der Waals surface area contributed by atoms with E-state index < -0.39 is 5.97 Å². The minimum absolute atomic E-state index is 0.0427. The molecule has 0 heterocycles. The molecule has 4 nitrogen and oxygen atoms in total. The van der Waals surface area contributed by atoms with E-state index in [1.54, 1.807) is 0 Å². The Morgan fingerprint density at radius 3 is 1.50 bits per heavy atom. The number of amides is 1. The summed E-state index contributed by atoms with van der Waals surface area (Å²) in [5.41, 5.74) is 0. The molecule has 0 aromatic heterocycles. The molecular weight excluding hydrogens is 374 g/mol. The van der Waals surface area contributed by atoms with Crippen LogP contribution in [-0.2, 0) is 14.3 Å². The fourth-order valence-corrected chi connectivity index (χ4v) is 3.68. The predicted molar refractivity (Wildman–Crippen MR) is 128 cm³/mol. The van der Waals surface area contributed by atoms with E-state index in [0.717, 1.165) is 18.9 Å². The third-order valence-corrected chi connectivity index (χ3v) is 5.59. The molecular formula is C26H49NO3. The number of nitrogens with one attached hydrogen (secondary N) is 1. The molecule has 1 N–H and O–H groups in total. The molecule has 0 bridgehead atoms. The lowest BCUT2D eigenvalue weighted by Crippen LogP contribution is -2.27. The molecule has 0 fully saturated rings. The van der Waals surface area contributed by atoms with Crippen molar-refractivity contribution in [3.05, 3.63) is 12.7 Å². The van der Waals surface area contributed by atoms with Gasteiger partial charge in [0.15, 0.2) is 0 Å². The van der Waals surface area contributed by atoms with E-state index in [2.05, 4.69) is 18.8 Å². The minimum Gasteiger partial charge on any atom is -0.461 e. The van der Waals surface area contributed by atoms with Crippen molar-refractivity contribution in [3.8, 4) is 0 Å². The van der Waals surface area contributed by atoms with Gasteiger partial charge < -0.3 is 10.1 Å². The van der Waals surface area contributed by atoms with Crippen LogP contribution in [0.4, 0.5) is 0 Å². The highest BCUT2D eigenvalue weighted by molar-refractivity contribution is 5.81. The number of carbonyl (C=O) groups excluding carboxylic acids is 2. The summed E-state index contributed by atoms with van der Waals surface area (Å²) >= 11 is 0. The zero-order valence-corrected chi connectivity index (χ0v) is 19.9. The number of hydrogen-bond donors (Lipinski definition) is 1. The molecule has 0 rings (SSSR count). The third kappa shape index (κ3) is 23.0. The van der Waals surface area contributed by atoms with Crippen LogP contribution in [0.5, 0.6) is 0 Å². The highest BCUT2D eigenvalue weighted by Crippen LogP contribution is 2.14. The fourth-order valence-electron chi connectivity index (χ4n) is 3.68. The van der Waals surface area contributed by atoms with E-state index in [1.165, 1.54) is 103 Å². The van der Waals surface area contributed by atoms with Crippen LogP contribution in [0.25, 0.3) is 0 Å². The van der Waals surface area contributed by atoms with Crippen LogP contribution in [0.15, 0.2) is 12.7 Å². The zero-order valence-electron chi connectivity index (χ0n) is 19.9. The van der Waals surface area contributed by atoms with Gasteiger partial charge in [0, 0.05) is 12.5 Å². The highest BCUT2D eigenvalue weighted by Gasteiger charge is 2.01. The van der Waals surface area contributed by atoms with Crippen LogP contribution in [0.3, 0.4) is 0 Å². The average molecular weight is 424 g/mol. The summed E-state index contributed by atoms with van der Waals surface area (Å²) in [6.07, 6.45) is 26.0. The van der Waals surface area contributed by atoms with E-state index in [1.807, 2.05) is 0 Å². The van der Waals surface area contributed by atoms with Crippen LogP contribution in [-0.4, -0.2) is 25.0 Å². The summed E-state index contributed by atoms with van der Waals surface area (Å²) < 4.78 is 4.81. The van der Waals surface area contributed by atoms with Crippen LogP contribution < -0.4 is 5.32 Å². The molecule has 0 aliphatic rings. The molecule has 0 unspecified atom stereocenters. The molecule has 0 atom stereocenters. The maximum atomic E-state index is 11.7. The third-order valence-electron chi connectivity index (χ3n) is 5.59. The summed E-state index contributed by atoms with van der Waals surface area (Å²) in [6, 6.07) is 0. The smallest absolute Gasteiger partial charge is 0.330 e. The van der Waals surface area contributed by atoms with E-state index in [4.69, 9.17) is 4.74 Å². The lowest BCUT2D eigenvalue weighted by Gasteiger charge is -2.06. The van der Waals surface area contributed by atoms with Crippen LogP contribution in [0.1, 0.15) is 129 Å². The number of esters is 1. The average Bonchev–Trinajstić information content (AvgIpc) is 2.75. The van der Waals surface area contributed by atoms with Crippen molar-refractivity contribution in [1.29, 1.82) is 0 Å². The number of rotatable bonds is 23. The number of ether oxygens (including phenoxy) is 1. The van der Waals surface area contributed by atoms with Crippen molar-refractivity contribution in [2.24, 2.45) is 0 Å². The Hall–Kier alpha value is -1.32. The number of carbonyl (C=O) groups is 2. The summed E-state index contributed by atoms with van der Waals surface area (Å²) in [7, 11) is 0. The van der Waals surface area contributed by atoms with Crippen LogP contribution >= 0.6 is 0 Å². The highest BCUT2D eigenvalue weighted by atomic mass is 16.5. The lowest BCUT2D eigenvalue weighted by atomic mass is 10.0. The zero-order chi connectivity index (χ0) is 22.1. The van der Waals surface area contributed by atoms with Gasteiger partial charge in [-0.15, -0.1) is 0 Å². The van der Waals surface area contributed by atoms with Crippen LogP contribution in [0, 0.1) is 0 Å². The molecule has 0 saturated heterocycles. The first-order valence-corrected chi connectivity index (χ1v) is 12.8. The second-order valence-corrected chi connectivity index (χ2v) is 8.48. The number of hydrogen-bond acceptors (Lipinski definition) is 3. The van der Waals surface area contributed by atoms with Gasteiger partial charge in [-0.2, -0.15) is 0 Å². The monoisotopic (exact) mass is 423 g/mol. The van der Waals surface area contributed by atoms with Crippen molar-refractivity contribution in [2.75, 3.05) is 13.2 Å². The van der Waals surface area contributed by atoms with E-state index in [-0.39, 0.29) is 12.5 Å². The molecule has 0 radical (unpaired) electrons. The normalized spacial score (nSPS) is 10.7. The second-order valence-electron chi connectivity index (χ2n) is 8.48. The molecule has 176 valence electrons. The molecule has 0 saturated carbocycles. The summed E-state index contributed by atoms with van der Waals surface area (Å²) in [5.74, 6) is -0.408. The van der Waals surface area contributed by atoms with Gasteiger partial charge >= 0.3 is 5.97 Å². The van der Waals surface area contributed by atoms with Gasteiger partial charge in [-0.05, 0) is 6.42 Å². The first kappa shape index (κ1) is 28.7. The maximum Gasteiger partial charge on any atom is 0.330 e. The van der Waals surface area contributed by atoms with Gasteiger partial charge in [0.25, 0.3) is 0 Å². The first-order chi connectivity index (χ1) is 14.7. The summed E-state index contributed by atoms with van der Waals surface area (Å²) in [6.45, 7) is 6.18. The minimum atomic E-state index is -0.451. The molecule has 0 aromatic carbocycles. The number of unbranched alkanes of at least 4 members (excludes halogenated alkanes) is 17. The molecule has 0 spiro atoms. The molecule has 1 amide bonds. The SMILES string of the molecule is C=CC(=O)OCCNC(=O)CCCCCCCCCCCCCCCCCCCC. The van der Waals surface area contributed by atoms with Crippen molar-refractivity contribution in [3.63, 3.8) is 0 Å². The van der Waals surface area contributed by atoms with Crippen molar-refractivity contribution < 1.29 is 14.3 Å². The Kier molecular flexibility index (Phi) is 22.9. The molecule has 0 aliphatic carbocycles. The van der Waals surface area contributed by atoms with Gasteiger partial charge in [0.2, 0.25) is 5.91 Å². The van der Waals surface area contributed by atoms with Crippen molar-refractivity contribution in [2.45, 2.75) is 129 Å². The maximum absolute atomic E-state index is 11.7. The van der Waals surface area contributed by atoms with Gasteiger partial charge in [0.05, 0.1) is 6.54 Å². The summed E-state index contributed by atoms with van der Waals surface area (Å²) in [5, 5.41) is 2.77. The van der Waals surface area contributed by atoms with E-state index in [0.29, 0.717) is 13.0 Å². The fraction of sp³-hybridized carbons (Fsp3) is 0.846. The van der Waals surface area contributed by atoms with E-state index in [9.17, 15) is 9.59 Å². The standard InChI is InChI=1S/C26H49NO3/c1-3-5-6-7-8-9-10-11-12-13-14-15-16-17-18-19-20-21-22-25(28)27-23-24-30-26(29)4-2/h4H,2-3,5-24H2,1H3,(H,27,28). The second kappa shape index (κ2) is 24.0. The van der Waals surface area contributed by atoms with Gasteiger partial charge in [-0.1, -0.05) is 123 Å². The van der Waals surface area contributed by atoms with Crippen molar-refractivity contribution >= 4 is 11.9 Å². The Morgan fingerprint density at radius 2 is 1.10 bits per heavy atom. The first-order valence-electron chi connectivity index (χ1n) is 12.8. The van der Waals surface area contributed by atoms with Gasteiger partial charge in [-0.3, -0.25) is 4.79 Å². The van der Waals surface area contributed by atoms with E-state index >= 15 is 0 Å². The largest absolute Gasteiger partial charge is 0.461 e. The Bertz CT molecular complexity index is 409. The van der Waals surface area contributed by atoms with Gasteiger partial charge in [0.1, 0.15) is 6.61 Å². The predicted octanol–water partition coefficient (Wildman–Crippen LogP) is 7.26. The quantitative estimate of drug-likeness (QED) is 0.107. The molecule has 30 heavy (non-hydrogen) atoms. The molecule has 0 aromatic rings. The molecule has 0 aliphatic heterocycles. The van der Waals surface area contributed by atoms with Gasteiger partial charge in [-0.25, -0.2) is 4.79 Å². The molecule has 4 heteroatoms. The Morgan fingerprint density at radius 1 is 0.700 bits per heavy atom. The Balaban J connectivity index is 3.14.